The van der Waals surface area contributed by atoms with Gasteiger partial charge in [-0.15, -0.1) is 0 Å². The minimum absolute atomic E-state index is 0.339. The molecule has 0 fully saturated rings. The van der Waals surface area contributed by atoms with Crippen molar-refractivity contribution in [3.63, 3.8) is 0 Å². The number of sulfone groups is 1. The summed E-state index contributed by atoms with van der Waals surface area (Å²) in [6, 6.07) is 12.7. The average molecular weight is 369 g/mol. The zero-order valence-corrected chi connectivity index (χ0v) is 14.0. The highest BCUT2D eigenvalue weighted by atomic mass is 79.9. The molecule has 4 nitrogen and oxygen atoms in total. The number of rotatable bonds is 5. The molecule has 3 N–H and O–H groups in total. The van der Waals surface area contributed by atoms with Crippen LogP contribution >= 0.6 is 15.9 Å². The van der Waals surface area contributed by atoms with E-state index in [0.29, 0.717) is 18.0 Å². The fraction of sp³-hybridized carbons (Fsp3) is 0.200. The zero-order chi connectivity index (χ0) is 15.5. The minimum Gasteiger partial charge on any atom is -0.399 e. The van der Waals surface area contributed by atoms with Crippen LogP contribution in [0.15, 0.2) is 51.8 Å². The van der Waals surface area contributed by atoms with Gasteiger partial charge in [0.2, 0.25) is 0 Å². The molecular weight excluding hydrogens is 352 g/mol. The molecule has 6 heteroatoms. The van der Waals surface area contributed by atoms with Crippen molar-refractivity contribution in [2.75, 3.05) is 12.0 Å². The van der Waals surface area contributed by atoms with Gasteiger partial charge in [0.15, 0.2) is 9.84 Å². The number of hydrogen-bond donors (Lipinski definition) is 2. The van der Waals surface area contributed by atoms with Gasteiger partial charge in [0.1, 0.15) is 0 Å². The molecule has 0 aliphatic carbocycles. The zero-order valence-electron chi connectivity index (χ0n) is 11.6. The van der Waals surface area contributed by atoms with E-state index in [4.69, 9.17) is 5.73 Å². The van der Waals surface area contributed by atoms with Crippen molar-refractivity contribution in [1.82, 2.24) is 5.32 Å². The van der Waals surface area contributed by atoms with E-state index in [2.05, 4.69) is 21.2 Å². The van der Waals surface area contributed by atoms with Gasteiger partial charge in [-0.1, -0.05) is 28.1 Å². The normalized spacial score (nSPS) is 11.5. The summed E-state index contributed by atoms with van der Waals surface area (Å²) >= 11 is 3.41. The van der Waals surface area contributed by atoms with Gasteiger partial charge < -0.3 is 11.1 Å². The van der Waals surface area contributed by atoms with Crippen LogP contribution in [0, 0.1) is 0 Å². The summed E-state index contributed by atoms with van der Waals surface area (Å²) in [5, 5.41) is 3.30. The second-order valence-electron chi connectivity index (χ2n) is 4.91. The summed E-state index contributed by atoms with van der Waals surface area (Å²) < 4.78 is 23.7. The summed E-state index contributed by atoms with van der Waals surface area (Å²) in [6.07, 6.45) is 1.21. The Morgan fingerprint density at radius 2 is 1.67 bits per heavy atom. The first-order valence-corrected chi connectivity index (χ1v) is 9.08. The molecule has 2 rings (SSSR count). The summed E-state index contributed by atoms with van der Waals surface area (Å²) in [6.45, 7) is 1.36. The Kier molecular flexibility index (Phi) is 5.03. The van der Waals surface area contributed by atoms with Gasteiger partial charge in [0, 0.05) is 29.5 Å². The van der Waals surface area contributed by atoms with Crippen LogP contribution in [-0.2, 0) is 22.9 Å². The number of hydrogen-bond acceptors (Lipinski definition) is 4. The average Bonchev–Trinajstić information content (AvgIpc) is 2.37. The van der Waals surface area contributed by atoms with Crippen LogP contribution in [0.25, 0.3) is 0 Å². The van der Waals surface area contributed by atoms with E-state index in [1.807, 2.05) is 30.3 Å². The highest BCUT2D eigenvalue weighted by molar-refractivity contribution is 9.10. The van der Waals surface area contributed by atoms with Crippen LogP contribution in [0.5, 0.6) is 0 Å². The Bertz CT molecular complexity index is 708. The van der Waals surface area contributed by atoms with E-state index in [1.165, 1.54) is 6.26 Å². The highest BCUT2D eigenvalue weighted by Crippen LogP contribution is 2.17. The second-order valence-corrected chi connectivity index (χ2v) is 7.84. The van der Waals surface area contributed by atoms with E-state index in [0.717, 1.165) is 21.3 Å². The van der Waals surface area contributed by atoms with E-state index < -0.39 is 9.84 Å². The molecular formula is C15H17BrN2O2S. The summed E-state index contributed by atoms with van der Waals surface area (Å²) in [5.74, 6) is 0. The number of halogens is 1. The molecule has 0 bridgehead atoms. The molecule has 0 radical (unpaired) electrons. The van der Waals surface area contributed by atoms with Gasteiger partial charge in [-0.3, -0.25) is 0 Å². The maximum absolute atomic E-state index is 11.4. The third-order valence-electron chi connectivity index (χ3n) is 2.99. The lowest BCUT2D eigenvalue weighted by atomic mass is 10.2. The first kappa shape index (κ1) is 16.0. The number of nitrogens with two attached hydrogens (primary N) is 1. The van der Waals surface area contributed by atoms with Crippen molar-refractivity contribution in [3.8, 4) is 0 Å². The predicted molar refractivity (Wildman–Crippen MR) is 88.6 cm³/mol. The van der Waals surface area contributed by atoms with Crippen molar-refractivity contribution < 1.29 is 8.42 Å². The molecule has 0 aromatic heterocycles. The maximum atomic E-state index is 11.4. The van der Waals surface area contributed by atoms with Crippen LogP contribution in [0.2, 0.25) is 0 Å². The van der Waals surface area contributed by atoms with E-state index in [9.17, 15) is 8.42 Å². The Labute approximate surface area is 133 Å². The van der Waals surface area contributed by atoms with Gasteiger partial charge in [-0.25, -0.2) is 8.42 Å². The Morgan fingerprint density at radius 3 is 2.24 bits per heavy atom. The fourth-order valence-electron chi connectivity index (χ4n) is 1.98. The Hall–Kier alpha value is -1.37. The van der Waals surface area contributed by atoms with Crippen molar-refractivity contribution in [2.24, 2.45) is 0 Å². The van der Waals surface area contributed by atoms with E-state index >= 15 is 0 Å². The topological polar surface area (TPSA) is 72.2 Å². The number of benzene rings is 2. The van der Waals surface area contributed by atoms with Gasteiger partial charge >= 0.3 is 0 Å². The molecule has 0 unspecified atom stereocenters. The number of anilines is 1. The molecule has 0 aliphatic rings. The smallest absolute Gasteiger partial charge is 0.175 e. The fourth-order valence-corrected chi connectivity index (χ4v) is 3.17. The molecule has 21 heavy (non-hydrogen) atoms. The molecule has 0 aliphatic heterocycles. The third-order valence-corrected chi connectivity index (χ3v) is 4.58. The molecule has 2 aromatic rings. The van der Waals surface area contributed by atoms with Crippen LogP contribution < -0.4 is 11.1 Å². The quantitative estimate of drug-likeness (QED) is 0.795. The molecule has 112 valence electrons. The predicted octanol–water partition coefficient (Wildman–Crippen LogP) is 2.72. The lowest BCUT2D eigenvalue weighted by Crippen LogP contribution is -2.13. The maximum Gasteiger partial charge on any atom is 0.175 e. The molecule has 2 aromatic carbocycles. The van der Waals surface area contributed by atoms with Gasteiger partial charge in [-0.05, 0) is 41.5 Å². The summed E-state index contributed by atoms with van der Waals surface area (Å²) in [4.78, 5) is 0.339. The van der Waals surface area contributed by atoms with Crippen LogP contribution in [0.3, 0.4) is 0 Å². The summed E-state index contributed by atoms with van der Waals surface area (Å²) in [5.41, 5.74) is 8.63. The molecule has 0 saturated heterocycles. The Morgan fingerprint density at radius 1 is 1.05 bits per heavy atom. The monoisotopic (exact) mass is 368 g/mol. The highest BCUT2D eigenvalue weighted by Gasteiger charge is 2.05. The Balaban J connectivity index is 1.94. The van der Waals surface area contributed by atoms with Gasteiger partial charge in [-0.2, -0.15) is 0 Å². The number of nitrogens with one attached hydrogen (secondary N) is 1. The van der Waals surface area contributed by atoms with Crippen molar-refractivity contribution in [2.45, 2.75) is 18.0 Å². The molecule has 0 saturated carbocycles. The van der Waals surface area contributed by atoms with Crippen LogP contribution in [0.1, 0.15) is 11.1 Å². The molecule has 0 spiro atoms. The minimum atomic E-state index is -3.13. The third kappa shape index (κ3) is 4.84. The lowest BCUT2D eigenvalue weighted by Gasteiger charge is -2.07. The lowest BCUT2D eigenvalue weighted by molar-refractivity contribution is 0.602. The largest absolute Gasteiger partial charge is 0.399 e. The molecule has 0 atom stereocenters. The van der Waals surface area contributed by atoms with Crippen LogP contribution in [0.4, 0.5) is 5.69 Å². The number of nitrogen functional groups attached to an aromatic ring is 1. The second kappa shape index (κ2) is 6.60. The van der Waals surface area contributed by atoms with E-state index in [1.54, 1.807) is 12.1 Å². The van der Waals surface area contributed by atoms with Crippen molar-refractivity contribution in [3.05, 3.63) is 58.1 Å². The van der Waals surface area contributed by atoms with E-state index in [-0.39, 0.29) is 0 Å². The summed E-state index contributed by atoms with van der Waals surface area (Å²) in [7, 11) is -3.13. The molecule has 0 heterocycles. The first-order valence-electron chi connectivity index (χ1n) is 6.39. The standard InChI is InChI=1S/C15H17BrN2O2S/c1-21(19,20)15-4-2-11(3-5-15)9-18-10-12-6-13(16)8-14(17)7-12/h2-8,18H,9-10,17H2,1H3. The van der Waals surface area contributed by atoms with Gasteiger partial charge in [0.05, 0.1) is 4.90 Å². The first-order chi connectivity index (χ1) is 9.84. The SMILES string of the molecule is CS(=O)(=O)c1ccc(CNCc2cc(N)cc(Br)c2)cc1. The molecule has 0 amide bonds. The van der Waals surface area contributed by atoms with Gasteiger partial charge in [0.25, 0.3) is 0 Å². The van der Waals surface area contributed by atoms with Crippen LogP contribution in [-0.4, -0.2) is 14.7 Å². The van der Waals surface area contributed by atoms with Crippen molar-refractivity contribution in [1.29, 1.82) is 0 Å². The van der Waals surface area contributed by atoms with Crippen molar-refractivity contribution >= 4 is 31.5 Å².